The van der Waals surface area contributed by atoms with Gasteiger partial charge in [0.05, 0.1) is 12.8 Å². The van der Waals surface area contributed by atoms with Crippen molar-refractivity contribution in [3.05, 3.63) is 35.4 Å². The summed E-state index contributed by atoms with van der Waals surface area (Å²) < 4.78 is 5.16. The van der Waals surface area contributed by atoms with E-state index < -0.39 is 0 Å². The minimum atomic E-state index is 0.716. The standard InChI is InChI=1S/C14H20N2O/c1-11-5-7-16(8-6-11)10-12-3-4-14(17-2)13(15)9-12/h3-5,9H,6-8,10,15H2,1-2H3. The molecule has 1 heterocycles. The zero-order valence-electron chi connectivity index (χ0n) is 10.6. The van der Waals surface area contributed by atoms with Crippen LogP contribution in [0, 0.1) is 0 Å². The van der Waals surface area contributed by atoms with E-state index in [4.69, 9.17) is 10.5 Å². The van der Waals surface area contributed by atoms with E-state index in [9.17, 15) is 0 Å². The number of methoxy groups -OCH3 is 1. The van der Waals surface area contributed by atoms with Crippen LogP contribution < -0.4 is 10.5 Å². The molecule has 1 aliphatic rings. The van der Waals surface area contributed by atoms with Crippen molar-refractivity contribution in [2.24, 2.45) is 0 Å². The minimum Gasteiger partial charge on any atom is -0.495 e. The van der Waals surface area contributed by atoms with Gasteiger partial charge in [0.2, 0.25) is 0 Å². The van der Waals surface area contributed by atoms with E-state index >= 15 is 0 Å². The van der Waals surface area contributed by atoms with Gasteiger partial charge in [0, 0.05) is 19.6 Å². The predicted octanol–water partition coefficient (Wildman–Crippen LogP) is 2.43. The van der Waals surface area contributed by atoms with E-state index in [1.165, 1.54) is 17.6 Å². The molecule has 0 aromatic heterocycles. The van der Waals surface area contributed by atoms with Crippen molar-refractivity contribution >= 4 is 5.69 Å². The summed E-state index contributed by atoms with van der Waals surface area (Å²) in [5.74, 6) is 0.753. The third kappa shape index (κ3) is 3.01. The van der Waals surface area contributed by atoms with Crippen molar-refractivity contribution in [3.8, 4) is 5.75 Å². The molecule has 17 heavy (non-hydrogen) atoms. The monoisotopic (exact) mass is 232 g/mol. The Bertz CT molecular complexity index is 426. The summed E-state index contributed by atoms with van der Waals surface area (Å²) in [4.78, 5) is 2.42. The smallest absolute Gasteiger partial charge is 0.141 e. The van der Waals surface area contributed by atoms with Crippen LogP contribution in [0.5, 0.6) is 5.75 Å². The van der Waals surface area contributed by atoms with Gasteiger partial charge in [-0.2, -0.15) is 0 Å². The van der Waals surface area contributed by atoms with Crippen LogP contribution in [0.15, 0.2) is 29.8 Å². The fourth-order valence-electron chi connectivity index (χ4n) is 2.10. The summed E-state index contributed by atoms with van der Waals surface area (Å²) >= 11 is 0. The van der Waals surface area contributed by atoms with E-state index in [1.807, 2.05) is 12.1 Å². The molecule has 1 aliphatic heterocycles. The molecule has 0 bridgehead atoms. The average molecular weight is 232 g/mol. The van der Waals surface area contributed by atoms with Gasteiger partial charge in [0.1, 0.15) is 5.75 Å². The molecular weight excluding hydrogens is 212 g/mol. The van der Waals surface area contributed by atoms with E-state index in [0.29, 0.717) is 5.69 Å². The SMILES string of the molecule is COc1ccc(CN2CC=C(C)CC2)cc1N. The summed E-state index contributed by atoms with van der Waals surface area (Å²) in [6, 6.07) is 6.03. The zero-order chi connectivity index (χ0) is 12.3. The zero-order valence-corrected chi connectivity index (χ0v) is 10.6. The maximum atomic E-state index is 5.90. The normalized spacial score (nSPS) is 16.7. The maximum absolute atomic E-state index is 5.90. The first kappa shape index (κ1) is 12.0. The van der Waals surface area contributed by atoms with Crippen LogP contribution >= 0.6 is 0 Å². The highest BCUT2D eigenvalue weighted by Crippen LogP contribution is 2.23. The molecule has 0 radical (unpaired) electrons. The van der Waals surface area contributed by atoms with Gasteiger partial charge < -0.3 is 10.5 Å². The van der Waals surface area contributed by atoms with Crippen LogP contribution in [-0.4, -0.2) is 25.1 Å². The molecule has 0 saturated carbocycles. The lowest BCUT2D eigenvalue weighted by Gasteiger charge is -2.25. The van der Waals surface area contributed by atoms with Crippen molar-refractivity contribution in [1.29, 1.82) is 0 Å². The molecule has 1 aromatic rings. The highest BCUT2D eigenvalue weighted by atomic mass is 16.5. The fraction of sp³-hybridized carbons (Fsp3) is 0.429. The number of benzene rings is 1. The second-order valence-corrected chi connectivity index (χ2v) is 4.61. The van der Waals surface area contributed by atoms with Crippen LogP contribution in [0.3, 0.4) is 0 Å². The lowest BCUT2D eigenvalue weighted by molar-refractivity contribution is 0.286. The number of nitrogen functional groups attached to an aromatic ring is 1. The lowest BCUT2D eigenvalue weighted by Crippen LogP contribution is -2.27. The summed E-state index contributed by atoms with van der Waals surface area (Å²) in [6.07, 6.45) is 3.47. The number of ether oxygens (including phenoxy) is 1. The average Bonchev–Trinajstić information content (AvgIpc) is 2.32. The van der Waals surface area contributed by atoms with Gasteiger partial charge in [-0.1, -0.05) is 17.7 Å². The van der Waals surface area contributed by atoms with Crippen molar-refractivity contribution in [3.63, 3.8) is 0 Å². The summed E-state index contributed by atoms with van der Waals surface area (Å²) in [5, 5.41) is 0. The summed E-state index contributed by atoms with van der Waals surface area (Å²) in [5.41, 5.74) is 9.36. The van der Waals surface area contributed by atoms with Crippen LogP contribution in [-0.2, 0) is 6.54 Å². The van der Waals surface area contributed by atoms with Crippen molar-refractivity contribution < 1.29 is 4.74 Å². The lowest BCUT2D eigenvalue weighted by atomic mass is 10.1. The maximum Gasteiger partial charge on any atom is 0.141 e. The van der Waals surface area contributed by atoms with Gasteiger partial charge in [-0.25, -0.2) is 0 Å². The topological polar surface area (TPSA) is 38.5 Å². The second kappa shape index (κ2) is 5.23. The van der Waals surface area contributed by atoms with E-state index in [-0.39, 0.29) is 0 Å². The molecule has 92 valence electrons. The first-order valence-electron chi connectivity index (χ1n) is 5.99. The number of nitrogens with zero attached hydrogens (tertiary/aromatic N) is 1. The van der Waals surface area contributed by atoms with Crippen molar-refractivity contribution in [1.82, 2.24) is 4.90 Å². The third-order valence-corrected chi connectivity index (χ3v) is 3.22. The first-order valence-corrected chi connectivity index (χ1v) is 5.99. The molecule has 3 nitrogen and oxygen atoms in total. The molecule has 1 aromatic carbocycles. The quantitative estimate of drug-likeness (QED) is 0.642. The number of hydrogen-bond donors (Lipinski definition) is 1. The van der Waals surface area contributed by atoms with Gasteiger partial charge in [0.25, 0.3) is 0 Å². The van der Waals surface area contributed by atoms with Crippen LogP contribution in [0.25, 0.3) is 0 Å². The molecule has 0 aliphatic carbocycles. The predicted molar refractivity (Wildman–Crippen MR) is 71.1 cm³/mol. The fourth-order valence-corrected chi connectivity index (χ4v) is 2.10. The molecule has 2 rings (SSSR count). The number of anilines is 1. The van der Waals surface area contributed by atoms with Crippen LogP contribution in [0.4, 0.5) is 5.69 Å². The molecular formula is C14H20N2O. The highest BCUT2D eigenvalue weighted by molar-refractivity contribution is 5.54. The third-order valence-electron chi connectivity index (χ3n) is 3.22. The molecule has 0 fully saturated rings. The molecule has 0 unspecified atom stereocenters. The van der Waals surface area contributed by atoms with Gasteiger partial charge in [-0.15, -0.1) is 0 Å². The minimum absolute atomic E-state index is 0.716. The highest BCUT2D eigenvalue weighted by Gasteiger charge is 2.10. The second-order valence-electron chi connectivity index (χ2n) is 4.61. The summed E-state index contributed by atoms with van der Waals surface area (Å²) in [6.45, 7) is 5.33. The Morgan fingerprint density at radius 2 is 2.24 bits per heavy atom. The van der Waals surface area contributed by atoms with Gasteiger partial charge in [-0.3, -0.25) is 4.90 Å². The summed E-state index contributed by atoms with van der Waals surface area (Å²) in [7, 11) is 1.64. The Kier molecular flexibility index (Phi) is 3.69. The molecule has 0 amide bonds. The van der Waals surface area contributed by atoms with E-state index in [2.05, 4.69) is 24.0 Å². The Balaban J connectivity index is 2.02. The molecule has 2 N–H and O–H groups in total. The van der Waals surface area contributed by atoms with Gasteiger partial charge in [-0.05, 0) is 31.0 Å². The Hall–Kier alpha value is -1.48. The first-order chi connectivity index (χ1) is 8.19. The van der Waals surface area contributed by atoms with E-state index in [1.54, 1.807) is 7.11 Å². The number of rotatable bonds is 3. The van der Waals surface area contributed by atoms with Crippen LogP contribution in [0.1, 0.15) is 18.9 Å². The molecule has 0 spiro atoms. The Morgan fingerprint density at radius 3 is 2.82 bits per heavy atom. The number of nitrogens with two attached hydrogens (primary N) is 1. The van der Waals surface area contributed by atoms with Crippen molar-refractivity contribution in [2.45, 2.75) is 19.9 Å². The van der Waals surface area contributed by atoms with Gasteiger partial charge >= 0.3 is 0 Å². The largest absolute Gasteiger partial charge is 0.495 e. The van der Waals surface area contributed by atoms with E-state index in [0.717, 1.165) is 25.4 Å². The molecule has 3 heteroatoms. The Morgan fingerprint density at radius 1 is 1.41 bits per heavy atom. The Labute approximate surface area is 103 Å². The van der Waals surface area contributed by atoms with Crippen molar-refractivity contribution in [2.75, 3.05) is 25.9 Å². The van der Waals surface area contributed by atoms with Crippen LogP contribution in [0.2, 0.25) is 0 Å². The molecule has 0 saturated heterocycles. The van der Waals surface area contributed by atoms with Gasteiger partial charge in [0.15, 0.2) is 0 Å². The molecule has 0 atom stereocenters. The number of hydrogen-bond acceptors (Lipinski definition) is 3.